The van der Waals surface area contributed by atoms with E-state index in [0.29, 0.717) is 0 Å². The van der Waals surface area contributed by atoms with Crippen LogP contribution in [0.15, 0.2) is 42.5 Å². The van der Waals surface area contributed by atoms with Crippen molar-refractivity contribution in [3.63, 3.8) is 0 Å². The number of rotatable bonds is 10. The summed E-state index contributed by atoms with van der Waals surface area (Å²) in [6.45, 7) is 7.04. The lowest BCUT2D eigenvalue weighted by atomic mass is 10.1. The molecule has 2 atom stereocenters. The molecule has 0 saturated carbocycles. The van der Waals surface area contributed by atoms with Crippen molar-refractivity contribution in [1.29, 1.82) is 0 Å². The van der Waals surface area contributed by atoms with Crippen LogP contribution in [0, 0.1) is 6.92 Å². The number of sulfonamides is 1. The molecule has 0 aliphatic heterocycles. The van der Waals surface area contributed by atoms with Gasteiger partial charge in [-0.05, 0) is 56.5 Å². The van der Waals surface area contributed by atoms with Crippen LogP contribution in [-0.4, -0.2) is 50.0 Å². The second-order valence-corrected chi connectivity index (χ2v) is 11.0. The lowest BCUT2D eigenvalue weighted by Crippen LogP contribution is -2.52. The van der Waals surface area contributed by atoms with Crippen molar-refractivity contribution in [1.82, 2.24) is 10.2 Å². The van der Waals surface area contributed by atoms with Crippen LogP contribution in [0.5, 0.6) is 0 Å². The van der Waals surface area contributed by atoms with E-state index in [1.807, 2.05) is 45.0 Å². The highest BCUT2D eigenvalue weighted by Crippen LogP contribution is 2.28. The highest BCUT2D eigenvalue weighted by molar-refractivity contribution is 7.92. The third-order valence-electron chi connectivity index (χ3n) is 5.64. The Balaban J connectivity index is 2.42. The summed E-state index contributed by atoms with van der Waals surface area (Å²) in [5.41, 5.74) is 2.02. The Hall–Kier alpha value is -2.29. The average molecular weight is 529 g/mol. The van der Waals surface area contributed by atoms with Crippen LogP contribution < -0.4 is 9.62 Å². The number of anilines is 1. The van der Waals surface area contributed by atoms with Gasteiger partial charge in [0.25, 0.3) is 0 Å². The quantitative estimate of drug-likeness (QED) is 0.495. The first kappa shape index (κ1) is 28.0. The summed E-state index contributed by atoms with van der Waals surface area (Å²) < 4.78 is 26.1. The minimum absolute atomic E-state index is 0.0610. The molecule has 2 amide bonds. The van der Waals surface area contributed by atoms with Gasteiger partial charge in [0.1, 0.15) is 12.6 Å². The molecule has 0 aliphatic carbocycles. The van der Waals surface area contributed by atoms with Gasteiger partial charge in [-0.1, -0.05) is 54.4 Å². The van der Waals surface area contributed by atoms with Crippen LogP contribution in [0.3, 0.4) is 0 Å². The van der Waals surface area contributed by atoms with Crippen molar-refractivity contribution in [3.05, 3.63) is 63.6 Å². The molecule has 7 nitrogen and oxygen atoms in total. The second kappa shape index (κ2) is 11.9. The highest BCUT2D eigenvalue weighted by atomic mass is 35.5. The summed E-state index contributed by atoms with van der Waals surface area (Å²) in [4.78, 5) is 27.8. The summed E-state index contributed by atoms with van der Waals surface area (Å²) in [6.07, 6.45) is 1.75. The van der Waals surface area contributed by atoms with E-state index >= 15 is 0 Å². The van der Waals surface area contributed by atoms with E-state index in [2.05, 4.69) is 5.32 Å². The molecule has 2 aromatic rings. The maximum atomic E-state index is 13.5. The van der Waals surface area contributed by atoms with Crippen molar-refractivity contribution in [2.75, 3.05) is 17.1 Å². The van der Waals surface area contributed by atoms with Crippen LogP contribution in [-0.2, 0) is 26.2 Å². The number of benzene rings is 2. The number of nitrogens with one attached hydrogen (secondary N) is 1. The predicted molar refractivity (Wildman–Crippen MR) is 138 cm³/mol. The number of hydrogen-bond acceptors (Lipinski definition) is 4. The number of hydrogen-bond donors (Lipinski definition) is 1. The topological polar surface area (TPSA) is 86.8 Å². The first-order valence-corrected chi connectivity index (χ1v) is 13.5. The summed E-state index contributed by atoms with van der Waals surface area (Å²) in [5.74, 6) is -0.830. The molecule has 0 aliphatic rings. The molecule has 0 unspecified atom stereocenters. The smallest absolute Gasteiger partial charge is 0.244 e. The third kappa shape index (κ3) is 7.35. The van der Waals surface area contributed by atoms with Crippen molar-refractivity contribution in [2.24, 2.45) is 0 Å². The molecule has 186 valence electrons. The number of amides is 2. The fourth-order valence-electron chi connectivity index (χ4n) is 3.27. The van der Waals surface area contributed by atoms with Gasteiger partial charge >= 0.3 is 0 Å². The minimum atomic E-state index is -3.84. The molecule has 10 heteroatoms. The first-order chi connectivity index (χ1) is 15.8. The van der Waals surface area contributed by atoms with Crippen LogP contribution in [0.2, 0.25) is 10.0 Å². The average Bonchev–Trinajstić information content (AvgIpc) is 2.77. The Bertz CT molecular complexity index is 1140. The number of aryl methyl sites for hydroxylation is 1. The number of nitrogens with zero attached hydrogens (tertiary/aromatic N) is 2. The zero-order valence-corrected chi connectivity index (χ0v) is 22.3. The van der Waals surface area contributed by atoms with Crippen molar-refractivity contribution in [2.45, 2.75) is 52.7 Å². The van der Waals surface area contributed by atoms with Gasteiger partial charge in [0.15, 0.2) is 0 Å². The molecule has 0 radical (unpaired) electrons. The summed E-state index contributed by atoms with van der Waals surface area (Å²) >= 11 is 12.1. The predicted octanol–water partition coefficient (Wildman–Crippen LogP) is 4.40. The van der Waals surface area contributed by atoms with Gasteiger partial charge in [-0.3, -0.25) is 13.9 Å². The van der Waals surface area contributed by atoms with Gasteiger partial charge in [-0.2, -0.15) is 0 Å². The molecule has 1 N–H and O–H groups in total. The molecule has 0 fully saturated rings. The maximum absolute atomic E-state index is 13.5. The lowest BCUT2D eigenvalue weighted by molar-refractivity contribution is -0.139. The van der Waals surface area contributed by atoms with Gasteiger partial charge in [0, 0.05) is 12.6 Å². The molecule has 34 heavy (non-hydrogen) atoms. The number of carbonyl (C=O) groups excluding carboxylic acids is 2. The van der Waals surface area contributed by atoms with Crippen LogP contribution in [0.4, 0.5) is 5.69 Å². The molecule has 0 saturated heterocycles. The molecular weight excluding hydrogens is 497 g/mol. The van der Waals surface area contributed by atoms with E-state index in [-0.39, 0.29) is 34.2 Å². The Morgan fingerprint density at radius 1 is 1.06 bits per heavy atom. The van der Waals surface area contributed by atoms with Crippen molar-refractivity contribution in [3.8, 4) is 0 Å². The van der Waals surface area contributed by atoms with Gasteiger partial charge in [0.05, 0.1) is 22.0 Å². The molecule has 0 aromatic heterocycles. The Labute approximate surface area is 212 Å². The lowest BCUT2D eigenvalue weighted by Gasteiger charge is -2.32. The minimum Gasteiger partial charge on any atom is -0.352 e. The Kier molecular flexibility index (Phi) is 9.79. The summed E-state index contributed by atoms with van der Waals surface area (Å²) in [6, 6.07) is 11.0. The number of halogens is 2. The van der Waals surface area contributed by atoms with E-state index < -0.39 is 28.5 Å². The third-order valence-corrected chi connectivity index (χ3v) is 7.52. The van der Waals surface area contributed by atoms with E-state index in [0.717, 1.165) is 28.1 Å². The molecule has 0 bridgehead atoms. The fourth-order valence-corrected chi connectivity index (χ4v) is 4.41. The van der Waals surface area contributed by atoms with Gasteiger partial charge in [-0.15, -0.1) is 0 Å². The second-order valence-electron chi connectivity index (χ2n) is 8.31. The van der Waals surface area contributed by atoms with Crippen molar-refractivity contribution >= 4 is 50.7 Å². The van der Waals surface area contributed by atoms with Gasteiger partial charge in [0.2, 0.25) is 21.8 Å². The molecule has 0 spiro atoms. The first-order valence-electron chi connectivity index (χ1n) is 10.9. The standard InChI is InChI=1S/C24H31Cl2N3O4S/c1-6-17(3)27-24(31)18(4)28(14-19-10-8-7-9-16(19)2)23(30)15-29(34(5,32)33)20-11-12-21(25)22(26)13-20/h7-13,17-18H,6,14-15H2,1-5H3,(H,27,31)/t17-,18+/m1/s1. The molecule has 2 aromatic carbocycles. The monoisotopic (exact) mass is 527 g/mol. The van der Waals surface area contributed by atoms with E-state index in [4.69, 9.17) is 23.2 Å². The van der Waals surface area contributed by atoms with E-state index in [9.17, 15) is 18.0 Å². The van der Waals surface area contributed by atoms with Crippen molar-refractivity contribution < 1.29 is 18.0 Å². The largest absolute Gasteiger partial charge is 0.352 e. The Morgan fingerprint density at radius 3 is 2.26 bits per heavy atom. The normalized spacial score (nSPS) is 13.1. The summed E-state index contributed by atoms with van der Waals surface area (Å²) in [7, 11) is -3.84. The molecule has 0 heterocycles. The summed E-state index contributed by atoms with van der Waals surface area (Å²) in [5, 5.41) is 3.33. The molecular formula is C24H31Cl2N3O4S. The zero-order valence-electron chi connectivity index (χ0n) is 20.0. The van der Waals surface area contributed by atoms with E-state index in [1.54, 1.807) is 6.92 Å². The van der Waals surface area contributed by atoms with Crippen LogP contribution in [0.25, 0.3) is 0 Å². The zero-order chi connectivity index (χ0) is 25.6. The van der Waals surface area contributed by atoms with Crippen LogP contribution >= 0.6 is 23.2 Å². The Morgan fingerprint density at radius 2 is 1.71 bits per heavy atom. The maximum Gasteiger partial charge on any atom is 0.244 e. The van der Waals surface area contributed by atoms with Crippen LogP contribution in [0.1, 0.15) is 38.3 Å². The van der Waals surface area contributed by atoms with Gasteiger partial charge < -0.3 is 10.2 Å². The highest BCUT2D eigenvalue weighted by Gasteiger charge is 2.30. The SMILES string of the molecule is CC[C@@H](C)NC(=O)[C@H](C)N(Cc1ccccc1C)C(=O)CN(c1ccc(Cl)c(Cl)c1)S(C)(=O)=O. The molecule has 2 rings (SSSR count). The number of carbonyl (C=O) groups is 2. The van der Waals surface area contributed by atoms with Gasteiger partial charge in [-0.25, -0.2) is 8.42 Å². The fraction of sp³-hybridized carbons (Fsp3) is 0.417. The van der Waals surface area contributed by atoms with E-state index in [1.165, 1.54) is 23.1 Å².